The van der Waals surface area contributed by atoms with E-state index in [1.807, 2.05) is 6.07 Å². The van der Waals surface area contributed by atoms with E-state index in [1.165, 1.54) is 6.07 Å². The minimum absolute atomic E-state index is 0.149. The number of hydrogen-bond acceptors (Lipinski definition) is 7. The molecule has 0 saturated heterocycles. The summed E-state index contributed by atoms with van der Waals surface area (Å²) >= 11 is 0. The van der Waals surface area contributed by atoms with Crippen molar-refractivity contribution >= 4 is 23.1 Å². The van der Waals surface area contributed by atoms with Crippen LogP contribution in [-0.4, -0.2) is 23.1 Å². The van der Waals surface area contributed by atoms with Crippen LogP contribution in [0, 0.1) is 0 Å². The fourth-order valence-corrected chi connectivity index (χ4v) is 2.67. The lowest BCUT2D eigenvalue weighted by molar-refractivity contribution is 0.564. The van der Waals surface area contributed by atoms with Crippen LogP contribution in [0.3, 0.4) is 0 Å². The molecule has 1 aromatic carbocycles. The zero-order chi connectivity index (χ0) is 19.4. The second-order valence-electron chi connectivity index (χ2n) is 7.24. The van der Waals surface area contributed by atoms with Crippen molar-refractivity contribution in [2.24, 2.45) is 0 Å². The number of nitrogen functional groups attached to an aromatic ring is 1. The highest BCUT2D eigenvalue weighted by atomic mass is 16.4. The summed E-state index contributed by atoms with van der Waals surface area (Å²) in [6.45, 7) is 12.4. The Bertz CT molecular complexity index is 812. The first-order valence-electron chi connectivity index (χ1n) is 8.91. The van der Waals surface area contributed by atoms with Gasteiger partial charge in [-0.2, -0.15) is 4.98 Å². The smallest absolute Gasteiger partial charge is 0.295 e. The van der Waals surface area contributed by atoms with Gasteiger partial charge in [0.15, 0.2) is 0 Å². The fourth-order valence-electron chi connectivity index (χ4n) is 2.67. The lowest BCUT2D eigenvalue weighted by Gasteiger charge is -2.23. The Hall–Kier alpha value is -2.70. The third-order valence-electron chi connectivity index (χ3n) is 3.43. The summed E-state index contributed by atoms with van der Waals surface area (Å²) in [5.74, 6) is 0.380. The lowest BCUT2D eigenvalue weighted by Crippen LogP contribution is -2.18. The number of nitrogens with zero attached hydrogens (tertiary/aromatic N) is 1. The zero-order valence-corrected chi connectivity index (χ0v) is 16.3. The van der Waals surface area contributed by atoms with E-state index < -0.39 is 5.56 Å². The number of benzene rings is 1. The van der Waals surface area contributed by atoms with E-state index >= 15 is 0 Å². The molecule has 7 heteroatoms. The highest BCUT2D eigenvalue weighted by molar-refractivity contribution is 5.89. The molecule has 0 radical (unpaired) electrons. The van der Waals surface area contributed by atoms with E-state index in [0.29, 0.717) is 5.76 Å². The van der Waals surface area contributed by atoms with Crippen molar-refractivity contribution in [1.82, 2.24) is 4.98 Å². The maximum Gasteiger partial charge on any atom is 0.295 e. The van der Waals surface area contributed by atoms with Gasteiger partial charge in [0.05, 0.1) is 11.4 Å². The molecule has 1 heterocycles. The Balaban J connectivity index is 2.72. The number of nitrogens with one attached hydrogen (secondary N) is 3. The quantitative estimate of drug-likeness (QED) is 0.597. The van der Waals surface area contributed by atoms with Crippen molar-refractivity contribution < 1.29 is 4.42 Å². The van der Waals surface area contributed by atoms with Crippen LogP contribution in [0.15, 0.2) is 27.4 Å². The summed E-state index contributed by atoms with van der Waals surface area (Å²) in [4.78, 5) is 15.4. The van der Waals surface area contributed by atoms with Gasteiger partial charge in [-0.05, 0) is 53.7 Å². The summed E-state index contributed by atoms with van der Waals surface area (Å²) < 4.78 is 5.56. The molecule has 0 unspecified atom stereocenters. The second kappa shape index (κ2) is 8.12. The maximum absolute atomic E-state index is 11.8. The first kappa shape index (κ1) is 19.6. The summed E-state index contributed by atoms with van der Waals surface area (Å²) in [6, 6.07) is 5.90. The Labute approximate surface area is 154 Å². The molecular weight excluding hydrogens is 330 g/mol. The van der Waals surface area contributed by atoms with Crippen molar-refractivity contribution in [2.45, 2.75) is 59.7 Å². The van der Waals surface area contributed by atoms with Gasteiger partial charge in [0.25, 0.3) is 11.6 Å². The third kappa shape index (κ3) is 5.15. The van der Waals surface area contributed by atoms with Crippen molar-refractivity contribution in [3.05, 3.63) is 28.6 Å². The molecular formula is C19H29N5O2. The Kier molecular flexibility index (Phi) is 6.13. The number of nitrogens with two attached hydrogens (primary N) is 1. The molecule has 0 spiro atoms. The van der Waals surface area contributed by atoms with Crippen LogP contribution in [-0.2, 0) is 0 Å². The molecule has 142 valence electrons. The predicted octanol–water partition coefficient (Wildman–Crippen LogP) is 3.74. The van der Waals surface area contributed by atoms with Gasteiger partial charge < -0.3 is 26.1 Å². The SMILES string of the molecule is CC(C)Nc1cc(NC(C)C)c(NC(C)C)c(-c2cc(=O)nc(N)o2)c1. The van der Waals surface area contributed by atoms with E-state index in [1.54, 1.807) is 0 Å². The Morgan fingerprint density at radius 2 is 1.54 bits per heavy atom. The minimum atomic E-state index is -0.431. The number of anilines is 4. The van der Waals surface area contributed by atoms with E-state index in [9.17, 15) is 4.79 Å². The maximum atomic E-state index is 11.8. The first-order chi connectivity index (χ1) is 12.2. The monoisotopic (exact) mass is 359 g/mol. The number of hydrogen-bond donors (Lipinski definition) is 4. The van der Waals surface area contributed by atoms with Crippen molar-refractivity contribution in [3.63, 3.8) is 0 Å². The highest BCUT2D eigenvalue weighted by Crippen LogP contribution is 2.38. The normalized spacial score (nSPS) is 11.3. The molecule has 0 bridgehead atoms. The van der Waals surface area contributed by atoms with Crippen LogP contribution in [0.4, 0.5) is 23.1 Å². The molecule has 0 atom stereocenters. The van der Waals surface area contributed by atoms with E-state index in [2.05, 4.69) is 68.5 Å². The molecule has 5 N–H and O–H groups in total. The van der Waals surface area contributed by atoms with E-state index in [0.717, 1.165) is 22.6 Å². The molecule has 0 aliphatic heterocycles. The molecule has 2 aromatic rings. The average molecular weight is 359 g/mol. The second-order valence-corrected chi connectivity index (χ2v) is 7.24. The molecule has 1 aromatic heterocycles. The minimum Gasteiger partial charge on any atom is -0.425 e. The van der Waals surface area contributed by atoms with Gasteiger partial charge in [0, 0.05) is 35.4 Å². The summed E-state index contributed by atoms with van der Waals surface area (Å²) in [7, 11) is 0. The zero-order valence-electron chi connectivity index (χ0n) is 16.3. The average Bonchev–Trinajstić information content (AvgIpc) is 2.46. The van der Waals surface area contributed by atoms with Crippen molar-refractivity contribution in [1.29, 1.82) is 0 Å². The number of aromatic nitrogens is 1. The van der Waals surface area contributed by atoms with Crippen LogP contribution in [0.5, 0.6) is 0 Å². The van der Waals surface area contributed by atoms with Crippen LogP contribution in [0.1, 0.15) is 41.5 Å². The van der Waals surface area contributed by atoms with Crippen LogP contribution in [0.25, 0.3) is 11.3 Å². The number of rotatable bonds is 7. The molecule has 0 aliphatic rings. The van der Waals surface area contributed by atoms with Gasteiger partial charge in [-0.15, -0.1) is 0 Å². The fraction of sp³-hybridized carbons (Fsp3) is 0.474. The summed E-state index contributed by atoms with van der Waals surface area (Å²) in [5.41, 5.74) is 8.68. The molecule has 0 aliphatic carbocycles. The molecule has 7 nitrogen and oxygen atoms in total. The van der Waals surface area contributed by atoms with Gasteiger partial charge in [-0.1, -0.05) is 0 Å². The molecule has 0 saturated carbocycles. The summed E-state index contributed by atoms with van der Waals surface area (Å²) in [5, 5.41) is 10.3. The first-order valence-corrected chi connectivity index (χ1v) is 8.91. The standard InChI is InChI=1S/C19H29N5O2/c1-10(2)21-13-7-14(16-9-17(25)24-19(20)26-16)18(23-12(5)6)15(8-13)22-11(3)4/h7-12,21-23H,1-6H3,(H2,20,24,25). The van der Waals surface area contributed by atoms with Gasteiger partial charge in [0.2, 0.25) is 0 Å². The van der Waals surface area contributed by atoms with E-state index in [-0.39, 0.29) is 24.1 Å². The molecule has 26 heavy (non-hydrogen) atoms. The van der Waals surface area contributed by atoms with Gasteiger partial charge in [-0.3, -0.25) is 4.79 Å². The van der Waals surface area contributed by atoms with E-state index in [4.69, 9.17) is 10.2 Å². The molecule has 2 rings (SSSR count). The molecule has 0 amide bonds. The Morgan fingerprint density at radius 1 is 0.923 bits per heavy atom. The van der Waals surface area contributed by atoms with Gasteiger partial charge >= 0.3 is 0 Å². The van der Waals surface area contributed by atoms with Crippen LogP contribution in [0.2, 0.25) is 0 Å². The van der Waals surface area contributed by atoms with Crippen molar-refractivity contribution in [3.8, 4) is 11.3 Å². The molecule has 0 fully saturated rings. The van der Waals surface area contributed by atoms with Gasteiger partial charge in [0.1, 0.15) is 5.76 Å². The predicted molar refractivity (Wildman–Crippen MR) is 109 cm³/mol. The topological polar surface area (TPSA) is 105 Å². The highest BCUT2D eigenvalue weighted by Gasteiger charge is 2.17. The Morgan fingerprint density at radius 3 is 2.08 bits per heavy atom. The third-order valence-corrected chi connectivity index (χ3v) is 3.43. The van der Waals surface area contributed by atoms with Crippen LogP contribution < -0.4 is 27.2 Å². The van der Waals surface area contributed by atoms with Gasteiger partial charge in [-0.25, -0.2) is 0 Å². The van der Waals surface area contributed by atoms with Crippen molar-refractivity contribution in [2.75, 3.05) is 21.7 Å². The lowest BCUT2D eigenvalue weighted by atomic mass is 10.0. The van der Waals surface area contributed by atoms with Crippen LogP contribution >= 0.6 is 0 Å². The summed E-state index contributed by atoms with van der Waals surface area (Å²) in [6.07, 6.45) is 0. The largest absolute Gasteiger partial charge is 0.425 e.